The highest BCUT2D eigenvalue weighted by Crippen LogP contribution is 2.33. The lowest BCUT2D eigenvalue weighted by Crippen LogP contribution is -2.07. The van der Waals surface area contributed by atoms with E-state index in [1.165, 1.54) is 13.2 Å². The molecule has 1 aliphatic rings. The molecule has 25 heavy (non-hydrogen) atoms. The van der Waals surface area contributed by atoms with Crippen molar-refractivity contribution in [2.75, 3.05) is 19.0 Å². The number of aromatic hydroxyl groups is 1. The number of hydrogen-bond donors (Lipinski definition) is 2. The number of halogens is 1. The highest BCUT2D eigenvalue weighted by molar-refractivity contribution is 6.28. The predicted molar refractivity (Wildman–Crippen MR) is 92.5 cm³/mol. The van der Waals surface area contributed by atoms with Gasteiger partial charge in [0.15, 0.2) is 28.5 Å². The quantitative estimate of drug-likeness (QED) is 0.689. The van der Waals surface area contributed by atoms with Crippen molar-refractivity contribution in [3.8, 4) is 11.5 Å². The Bertz CT molecular complexity index is 924. The summed E-state index contributed by atoms with van der Waals surface area (Å²) in [5, 5.41) is 13.1. The first kappa shape index (κ1) is 15.9. The number of nitrogens with one attached hydrogen (secondary N) is 1. The molecule has 2 N–H and O–H groups in total. The van der Waals surface area contributed by atoms with Gasteiger partial charge in [0.2, 0.25) is 5.28 Å². The van der Waals surface area contributed by atoms with Gasteiger partial charge in [0.25, 0.3) is 0 Å². The van der Waals surface area contributed by atoms with Crippen molar-refractivity contribution in [2.24, 2.45) is 0 Å². The minimum atomic E-state index is -0.0890. The van der Waals surface area contributed by atoms with Crippen LogP contribution in [-0.2, 0) is 4.74 Å². The first-order valence-corrected chi connectivity index (χ1v) is 8.19. The Morgan fingerprint density at radius 2 is 2.28 bits per heavy atom. The van der Waals surface area contributed by atoms with E-state index >= 15 is 0 Å². The van der Waals surface area contributed by atoms with Crippen LogP contribution in [0.2, 0.25) is 5.28 Å². The van der Waals surface area contributed by atoms with E-state index in [4.69, 9.17) is 21.1 Å². The van der Waals surface area contributed by atoms with Gasteiger partial charge in [-0.3, -0.25) is 4.57 Å². The Morgan fingerprint density at radius 3 is 3.00 bits per heavy atom. The minimum absolute atomic E-state index is 0.0220. The van der Waals surface area contributed by atoms with E-state index in [1.807, 2.05) is 4.57 Å². The molecule has 1 aliphatic heterocycles. The zero-order valence-electron chi connectivity index (χ0n) is 13.4. The van der Waals surface area contributed by atoms with Gasteiger partial charge in [0.05, 0.1) is 13.4 Å². The van der Waals surface area contributed by atoms with Crippen molar-refractivity contribution < 1.29 is 14.6 Å². The fourth-order valence-electron chi connectivity index (χ4n) is 2.87. The molecule has 0 aliphatic carbocycles. The number of benzene rings is 1. The van der Waals surface area contributed by atoms with Gasteiger partial charge >= 0.3 is 0 Å². The molecule has 1 saturated heterocycles. The highest BCUT2D eigenvalue weighted by Gasteiger charge is 2.22. The Kier molecular flexibility index (Phi) is 4.06. The molecular formula is C16H16ClN5O3. The summed E-state index contributed by atoms with van der Waals surface area (Å²) in [6.07, 6.45) is 3.50. The van der Waals surface area contributed by atoms with Gasteiger partial charge in [0.1, 0.15) is 6.23 Å². The van der Waals surface area contributed by atoms with Crippen LogP contribution in [0.5, 0.6) is 11.5 Å². The zero-order chi connectivity index (χ0) is 17.4. The van der Waals surface area contributed by atoms with Gasteiger partial charge < -0.3 is 19.9 Å². The molecule has 0 amide bonds. The summed E-state index contributed by atoms with van der Waals surface area (Å²) in [5.74, 6) is 0.865. The van der Waals surface area contributed by atoms with Crippen molar-refractivity contribution in [3.63, 3.8) is 0 Å². The maximum atomic E-state index is 9.92. The Hall–Kier alpha value is -2.58. The summed E-state index contributed by atoms with van der Waals surface area (Å²) in [5.41, 5.74) is 1.81. The van der Waals surface area contributed by atoms with Gasteiger partial charge in [-0.25, -0.2) is 4.98 Å². The third-order valence-electron chi connectivity index (χ3n) is 4.05. The topological polar surface area (TPSA) is 94.3 Å². The molecule has 0 spiro atoms. The van der Waals surface area contributed by atoms with Crippen LogP contribution in [0, 0.1) is 0 Å². The second-order valence-corrected chi connectivity index (χ2v) is 5.98. The molecule has 130 valence electrons. The highest BCUT2D eigenvalue weighted by atomic mass is 35.5. The first-order chi connectivity index (χ1) is 12.2. The van der Waals surface area contributed by atoms with Crippen LogP contribution in [0.4, 0.5) is 11.5 Å². The molecule has 9 heteroatoms. The SMILES string of the molecule is COc1ccc(Nc2nc(Cl)nc3c2ncn3C2CCCO2)cc1O. The van der Waals surface area contributed by atoms with E-state index in [0.29, 0.717) is 28.4 Å². The molecule has 1 fully saturated rings. The van der Waals surface area contributed by atoms with E-state index in [-0.39, 0.29) is 17.3 Å². The number of ether oxygens (including phenoxy) is 2. The second kappa shape index (κ2) is 6.38. The van der Waals surface area contributed by atoms with E-state index in [1.54, 1.807) is 18.5 Å². The number of hydrogen-bond acceptors (Lipinski definition) is 7. The van der Waals surface area contributed by atoms with Crippen LogP contribution >= 0.6 is 11.6 Å². The second-order valence-electron chi connectivity index (χ2n) is 5.64. The van der Waals surface area contributed by atoms with Crippen LogP contribution in [0.25, 0.3) is 11.2 Å². The molecule has 0 radical (unpaired) electrons. The van der Waals surface area contributed by atoms with Crippen molar-refractivity contribution in [2.45, 2.75) is 19.1 Å². The minimum Gasteiger partial charge on any atom is -0.504 e. The average Bonchev–Trinajstić information content (AvgIpc) is 3.24. The Balaban J connectivity index is 1.73. The van der Waals surface area contributed by atoms with E-state index < -0.39 is 0 Å². The van der Waals surface area contributed by atoms with Gasteiger partial charge in [0, 0.05) is 18.4 Å². The van der Waals surface area contributed by atoms with Crippen LogP contribution in [0.15, 0.2) is 24.5 Å². The van der Waals surface area contributed by atoms with Gasteiger partial charge in [-0.15, -0.1) is 0 Å². The van der Waals surface area contributed by atoms with E-state index in [2.05, 4.69) is 20.3 Å². The lowest BCUT2D eigenvalue weighted by atomic mass is 10.2. The molecule has 3 aromatic rings. The van der Waals surface area contributed by atoms with Gasteiger partial charge in [-0.2, -0.15) is 9.97 Å². The molecule has 1 aromatic carbocycles. The molecule has 3 heterocycles. The van der Waals surface area contributed by atoms with Crippen LogP contribution in [-0.4, -0.2) is 38.3 Å². The number of nitrogens with zero attached hydrogens (tertiary/aromatic N) is 4. The summed E-state index contributed by atoms with van der Waals surface area (Å²) in [6.45, 7) is 0.722. The van der Waals surface area contributed by atoms with Gasteiger partial charge in [-0.05, 0) is 36.6 Å². The number of methoxy groups -OCH3 is 1. The number of anilines is 2. The maximum absolute atomic E-state index is 9.92. The molecule has 1 unspecified atom stereocenters. The number of fused-ring (bicyclic) bond motifs is 1. The number of aromatic nitrogens is 4. The fourth-order valence-corrected chi connectivity index (χ4v) is 3.04. The number of imidazole rings is 1. The van der Waals surface area contributed by atoms with Crippen molar-refractivity contribution in [1.82, 2.24) is 19.5 Å². The maximum Gasteiger partial charge on any atom is 0.226 e. The fraction of sp³-hybridized carbons (Fsp3) is 0.312. The molecule has 8 nitrogen and oxygen atoms in total. The predicted octanol–water partition coefficient (Wildman–Crippen LogP) is 3.25. The smallest absolute Gasteiger partial charge is 0.226 e. The Labute approximate surface area is 148 Å². The van der Waals surface area contributed by atoms with Gasteiger partial charge in [-0.1, -0.05) is 0 Å². The van der Waals surface area contributed by atoms with E-state index in [0.717, 1.165) is 19.4 Å². The van der Waals surface area contributed by atoms with Crippen molar-refractivity contribution in [1.29, 1.82) is 0 Å². The lowest BCUT2D eigenvalue weighted by molar-refractivity contribution is 0.0593. The normalized spacial score (nSPS) is 17.1. The summed E-state index contributed by atoms with van der Waals surface area (Å²) >= 11 is 6.09. The monoisotopic (exact) mass is 361 g/mol. The van der Waals surface area contributed by atoms with Crippen LogP contribution in [0.1, 0.15) is 19.1 Å². The molecule has 4 rings (SSSR count). The molecule has 1 atom stereocenters. The van der Waals surface area contributed by atoms with Crippen molar-refractivity contribution in [3.05, 3.63) is 29.8 Å². The molecule has 0 bridgehead atoms. The number of phenolic OH excluding ortho intramolecular Hbond substituents is 1. The lowest BCUT2D eigenvalue weighted by Gasteiger charge is -2.12. The zero-order valence-corrected chi connectivity index (χ0v) is 14.2. The first-order valence-electron chi connectivity index (χ1n) is 7.81. The number of rotatable bonds is 4. The molecule has 2 aromatic heterocycles. The summed E-state index contributed by atoms with van der Waals surface area (Å²) in [6, 6.07) is 4.96. The molecular weight excluding hydrogens is 346 g/mol. The van der Waals surface area contributed by atoms with E-state index in [9.17, 15) is 5.11 Å². The van der Waals surface area contributed by atoms with Crippen LogP contribution in [0.3, 0.4) is 0 Å². The van der Waals surface area contributed by atoms with Crippen LogP contribution < -0.4 is 10.1 Å². The Morgan fingerprint density at radius 1 is 1.40 bits per heavy atom. The average molecular weight is 362 g/mol. The standard InChI is InChI=1S/C16H16ClN5O3/c1-24-11-5-4-9(7-10(11)23)19-14-13-15(21-16(17)20-14)22(8-18-13)12-3-2-6-25-12/h4-5,7-8,12,23H,2-3,6H2,1H3,(H,19,20,21). The molecule has 0 saturated carbocycles. The largest absolute Gasteiger partial charge is 0.504 e. The summed E-state index contributed by atoms with van der Waals surface area (Å²) in [7, 11) is 1.49. The van der Waals surface area contributed by atoms with Crippen molar-refractivity contribution >= 4 is 34.3 Å². The number of phenols is 1. The summed E-state index contributed by atoms with van der Waals surface area (Å²) < 4.78 is 12.6. The summed E-state index contributed by atoms with van der Waals surface area (Å²) in [4.78, 5) is 12.9. The third kappa shape index (κ3) is 2.94. The third-order valence-corrected chi connectivity index (χ3v) is 4.22.